The molecule has 28 heavy (non-hydrogen) atoms. The number of piperazine rings is 1. The van der Waals surface area contributed by atoms with Gasteiger partial charge in [-0.05, 0) is 45.2 Å². The second-order valence-corrected chi connectivity index (χ2v) is 7.64. The van der Waals surface area contributed by atoms with Crippen LogP contribution in [-0.4, -0.2) is 65.4 Å². The van der Waals surface area contributed by atoms with Crippen LogP contribution in [0.25, 0.3) is 0 Å². The second kappa shape index (κ2) is 8.16. The lowest BCUT2D eigenvalue weighted by atomic mass is 10.1. The summed E-state index contributed by atoms with van der Waals surface area (Å²) in [6.45, 7) is 8.79. The monoisotopic (exact) mass is 384 g/mol. The Morgan fingerprint density at radius 1 is 0.929 bits per heavy atom. The summed E-state index contributed by atoms with van der Waals surface area (Å²) in [5.41, 5.74) is 1.71. The molecule has 4 rings (SSSR count). The highest BCUT2D eigenvalue weighted by Crippen LogP contribution is 2.20. The Balaban J connectivity index is 1.31. The summed E-state index contributed by atoms with van der Waals surface area (Å²) >= 11 is 0. The maximum absolute atomic E-state index is 12.6. The summed E-state index contributed by atoms with van der Waals surface area (Å²) < 4.78 is 5.16. The molecular weight excluding hydrogens is 356 g/mol. The van der Waals surface area contributed by atoms with Crippen LogP contribution in [0.2, 0.25) is 0 Å². The van der Waals surface area contributed by atoms with Crippen molar-refractivity contribution < 1.29 is 9.32 Å². The molecule has 150 valence electrons. The Bertz CT molecular complexity index is 785. The molecule has 0 spiro atoms. The normalized spacial score (nSPS) is 17.9. The third-order valence-electron chi connectivity index (χ3n) is 5.78. The molecule has 0 N–H and O–H groups in total. The summed E-state index contributed by atoms with van der Waals surface area (Å²) in [6.07, 6.45) is 4.12. The van der Waals surface area contributed by atoms with E-state index in [-0.39, 0.29) is 5.91 Å². The molecule has 4 heterocycles. The van der Waals surface area contributed by atoms with Gasteiger partial charge in [0, 0.05) is 44.8 Å². The molecule has 0 aliphatic carbocycles. The van der Waals surface area contributed by atoms with Gasteiger partial charge in [-0.25, -0.2) is 0 Å². The first kappa shape index (κ1) is 18.7. The molecule has 8 heteroatoms. The Kier molecular flexibility index (Phi) is 5.45. The highest BCUT2D eigenvalue weighted by molar-refractivity contribution is 5.79. The van der Waals surface area contributed by atoms with Crippen molar-refractivity contribution in [2.45, 2.75) is 39.5 Å². The van der Waals surface area contributed by atoms with E-state index >= 15 is 0 Å². The highest BCUT2D eigenvalue weighted by atomic mass is 16.5. The number of rotatable bonds is 4. The molecule has 0 atom stereocenters. The zero-order valence-electron chi connectivity index (χ0n) is 16.7. The fraction of sp³-hybridized carbons (Fsp3) is 0.600. The zero-order valence-corrected chi connectivity index (χ0v) is 16.7. The minimum atomic E-state index is 0.126. The molecule has 2 aliphatic rings. The summed E-state index contributed by atoms with van der Waals surface area (Å²) in [4.78, 5) is 19.1. The molecule has 0 radical (unpaired) electrons. The van der Waals surface area contributed by atoms with Crippen LogP contribution in [0.1, 0.15) is 36.3 Å². The van der Waals surface area contributed by atoms with Gasteiger partial charge in [-0.3, -0.25) is 4.79 Å². The van der Waals surface area contributed by atoms with Crippen molar-refractivity contribution in [2.24, 2.45) is 0 Å². The molecule has 0 bridgehead atoms. The summed E-state index contributed by atoms with van der Waals surface area (Å²) in [5.74, 6) is 2.71. The quantitative estimate of drug-likeness (QED) is 0.797. The lowest BCUT2D eigenvalue weighted by molar-refractivity contribution is -0.130. The van der Waals surface area contributed by atoms with E-state index in [1.54, 1.807) is 0 Å². The predicted octanol–water partition coefficient (Wildman–Crippen LogP) is 1.96. The molecule has 2 saturated heterocycles. The first-order valence-electron chi connectivity index (χ1n) is 10.1. The van der Waals surface area contributed by atoms with Crippen molar-refractivity contribution in [3.63, 3.8) is 0 Å². The summed E-state index contributed by atoms with van der Waals surface area (Å²) in [5, 5.41) is 12.8. The Morgan fingerprint density at radius 2 is 1.54 bits per heavy atom. The van der Waals surface area contributed by atoms with Gasteiger partial charge in [-0.15, -0.1) is 10.2 Å². The minimum absolute atomic E-state index is 0.126. The third-order valence-corrected chi connectivity index (χ3v) is 5.78. The molecule has 1 amide bonds. The standard InChI is InChI=1S/C20H28N6O2/c1-15-17(16(2)28-23-15)14-20(27)26-12-10-25(11-13-26)19-7-6-18(21-22-19)24-8-4-3-5-9-24/h6-7H,3-5,8-14H2,1-2H3. The fourth-order valence-electron chi connectivity index (χ4n) is 3.98. The molecule has 8 nitrogen and oxygen atoms in total. The summed E-state index contributed by atoms with van der Waals surface area (Å²) in [6, 6.07) is 4.13. The SMILES string of the molecule is Cc1noc(C)c1CC(=O)N1CCN(c2ccc(N3CCCCC3)nn2)CC1. The average molecular weight is 384 g/mol. The number of anilines is 2. The number of carbonyl (C=O) groups is 1. The Labute approximate surface area is 165 Å². The highest BCUT2D eigenvalue weighted by Gasteiger charge is 2.24. The topological polar surface area (TPSA) is 78.6 Å². The van der Waals surface area contributed by atoms with Crippen LogP contribution in [0.4, 0.5) is 11.6 Å². The van der Waals surface area contributed by atoms with Crippen LogP contribution < -0.4 is 9.80 Å². The van der Waals surface area contributed by atoms with Crippen molar-refractivity contribution in [1.82, 2.24) is 20.3 Å². The number of nitrogens with zero attached hydrogens (tertiary/aromatic N) is 6. The van der Waals surface area contributed by atoms with Gasteiger partial charge in [0.15, 0.2) is 11.6 Å². The lowest BCUT2D eigenvalue weighted by Crippen LogP contribution is -2.49. The number of carbonyl (C=O) groups excluding carboxylic acids is 1. The fourth-order valence-corrected chi connectivity index (χ4v) is 3.98. The van der Waals surface area contributed by atoms with Crippen molar-refractivity contribution >= 4 is 17.5 Å². The first-order valence-corrected chi connectivity index (χ1v) is 10.1. The molecule has 2 fully saturated rings. The van der Waals surface area contributed by atoms with E-state index in [1.165, 1.54) is 19.3 Å². The van der Waals surface area contributed by atoms with Crippen LogP contribution in [0.3, 0.4) is 0 Å². The number of aromatic nitrogens is 3. The predicted molar refractivity (Wildman–Crippen MR) is 107 cm³/mol. The minimum Gasteiger partial charge on any atom is -0.361 e. The molecule has 0 saturated carbocycles. The van der Waals surface area contributed by atoms with E-state index in [0.29, 0.717) is 19.5 Å². The van der Waals surface area contributed by atoms with Gasteiger partial charge in [0.05, 0.1) is 12.1 Å². The maximum Gasteiger partial charge on any atom is 0.227 e. The van der Waals surface area contributed by atoms with Crippen molar-refractivity contribution in [3.05, 3.63) is 29.2 Å². The third kappa shape index (κ3) is 3.95. The van der Waals surface area contributed by atoms with Gasteiger partial charge in [0.1, 0.15) is 5.76 Å². The second-order valence-electron chi connectivity index (χ2n) is 7.64. The Hall–Kier alpha value is -2.64. The van der Waals surface area contributed by atoms with Crippen LogP contribution >= 0.6 is 0 Å². The van der Waals surface area contributed by atoms with E-state index in [1.807, 2.05) is 18.7 Å². The van der Waals surface area contributed by atoms with Gasteiger partial charge in [-0.2, -0.15) is 0 Å². The van der Waals surface area contributed by atoms with Gasteiger partial charge >= 0.3 is 0 Å². The average Bonchev–Trinajstić information content (AvgIpc) is 3.06. The number of hydrogen-bond donors (Lipinski definition) is 0. The van der Waals surface area contributed by atoms with Crippen LogP contribution in [0.15, 0.2) is 16.7 Å². The van der Waals surface area contributed by atoms with E-state index in [9.17, 15) is 4.79 Å². The Morgan fingerprint density at radius 3 is 2.07 bits per heavy atom. The van der Waals surface area contributed by atoms with Gasteiger partial charge < -0.3 is 19.2 Å². The van der Waals surface area contributed by atoms with Crippen LogP contribution in [0, 0.1) is 13.8 Å². The molecule has 0 unspecified atom stereocenters. The first-order chi connectivity index (χ1) is 13.6. The van der Waals surface area contributed by atoms with E-state index in [2.05, 4.69) is 37.3 Å². The van der Waals surface area contributed by atoms with Gasteiger partial charge in [-0.1, -0.05) is 5.16 Å². The largest absolute Gasteiger partial charge is 0.361 e. The van der Waals surface area contributed by atoms with Gasteiger partial charge in [0.2, 0.25) is 5.91 Å². The van der Waals surface area contributed by atoms with Crippen molar-refractivity contribution in [3.8, 4) is 0 Å². The maximum atomic E-state index is 12.6. The van der Waals surface area contributed by atoms with Crippen LogP contribution in [-0.2, 0) is 11.2 Å². The van der Waals surface area contributed by atoms with Crippen LogP contribution in [0.5, 0.6) is 0 Å². The molecule has 2 aromatic heterocycles. The molecular formula is C20H28N6O2. The van der Waals surface area contributed by atoms with E-state index < -0.39 is 0 Å². The van der Waals surface area contributed by atoms with Crippen molar-refractivity contribution in [1.29, 1.82) is 0 Å². The number of aryl methyl sites for hydroxylation is 2. The smallest absolute Gasteiger partial charge is 0.227 e. The molecule has 2 aromatic rings. The van der Waals surface area contributed by atoms with E-state index in [0.717, 1.165) is 54.8 Å². The van der Waals surface area contributed by atoms with Crippen molar-refractivity contribution in [2.75, 3.05) is 49.1 Å². The lowest BCUT2D eigenvalue weighted by Gasteiger charge is -2.35. The number of amides is 1. The van der Waals surface area contributed by atoms with E-state index in [4.69, 9.17) is 4.52 Å². The zero-order chi connectivity index (χ0) is 19.5. The van der Waals surface area contributed by atoms with Gasteiger partial charge in [0.25, 0.3) is 0 Å². The number of hydrogen-bond acceptors (Lipinski definition) is 7. The summed E-state index contributed by atoms with van der Waals surface area (Å²) in [7, 11) is 0. The number of piperidine rings is 1. The molecule has 2 aliphatic heterocycles. The molecule has 0 aromatic carbocycles.